The van der Waals surface area contributed by atoms with E-state index in [1.54, 1.807) is 5.56 Å². The molecular formula is C13H17Br. The van der Waals surface area contributed by atoms with Crippen molar-refractivity contribution in [2.75, 3.05) is 5.33 Å². The summed E-state index contributed by atoms with van der Waals surface area (Å²) in [7, 11) is 0. The lowest BCUT2D eigenvalue weighted by Gasteiger charge is -2.27. The fraction of sp³-hybridized carbons (Fsp3) is 0.538. The van der Waals surface area contributed by atoms with Crippen molar-refractivity contribution < 1.29 is 0 Å². The summed E-state index contributed by atoms with van der Waals surface area (Å²) in [6, 6.07) is 11.0. The Morgan fingerprint density at radius 3 is 2.21 bits per heavy atom. The van der Waals surface area contributed by atoms with Crippen molar-refractivity contribution in [1.82, 2.24) is 0 Å². The van der Waals surface area contributed by atoms with Gasteiger partial charge in [0, 0.05) is 5.33 Å². The average molecular weight is 253 g/mol. The van der Waals surface area contributed by atoms with E-state index in [0.717, 1.165) is 11.8 Å². The molecule has 76 valence electrons. The second-order valence-corrected chi connectivity index (χ2v) is 4.93. The summed E-state index contributed by atoms with van der Waals surface area (Å²) >= 11 is 3.59. The zero-order valence-electron chi connectivity index (χ0n) is 8.45. The lowest BCUT2D eigenvalue weighted by Crippen LogP contribution is -2.14. The lowest BCUT2D eigenvalue weighted by molar-refractivity contribution is 0.354. The largest absolute Gasteiger partial charge is 0.0925 e. The third-order valence-electron chi connectivity index (χ3n) is 3.34. The topological polar surface area (TPSA) is 0 Å². The molecule has 0 amide bonds. The fourth-order valence-electron chi connectivity index (χ4n) is 2.38. The van der Waals surface area contributed by atoms with Crippen LogP contribution in [0.25, 0.3) is 0 Å². The molecule has 0 aromatic heterocycles. The Labute approximate surface area is 94.8 Å². The Morgan fingerprint density at radius 2 is 1.64 bits per heavy atom. The lowest BCUT2D eigenvalue weighted by atomic mass is 9.79. The number of rotatable bonds is 2. The van der Waals surface area contributed by atoms with Crippen molar-refractivity contribution in [3.8, 4) is 0 Å². The van der Waals surface area contributed by atoms with Crippen molar-refractivity contribution in [1.29, 1.82) is 0 Å². The minimum Gasteiger partial charge on any atom is -0.0925 e. The molecular weight excluding hydrogens is 236 g/mol. The van der Waals surface area contributed by atoms with Crippen LogP contribution in [0, 0.1) is 5.92 Å². The van der Waals surface area contributed by atoms with Crippen LogP contribution in [0.15, 0.2) is 30.3 Å². The molecule has 1 saturated carbocycles. The molecule has 0 saturated heterocycles. The standard InChI is InChI=1S/C13H17Br/c14-10-11-6-8-13(9-7-11)12-4-2-1-3-5-12/h1-5,11,13H,6-10H2. The van der Waals surface area contributed by atoms with Crippen LogP contribution in [-0.2, 0) is 0 Å². The van der Waals surface area contributed by atoms with Crippen LogP contribution in [0.3, 0.4) is 0 Å². The molecule has 0 aliphatic heterocycles. The van der Waals surface area contributed by atoms with E-state index in [1.165, 1.54) is 31.0 Å². The summed E-state index contributed by atoms with van der Waals surface area (Å²) in [5.41, 5.74) is 1.54. The molecule has 0 bridgehead atoms. The Kier molecular flexibility index (Phi) is 3.63. The van der Waals surface area contributed by atoms with Crippen LogP contribution in [0.5, 0.6) is 0 Å². The highest BCUT2D eigenvalue weighted by atomic mass is 79.9. The molecule has 0 radical (unpaired) electrons. The summed E-state index contributed by atoms with van der Waals surface area (Å²) in [5, 5.41) is 1.19. The Bertz CT molecular complexity index is 260. The van der Waals surface area contributed by atoms with Gasteiger partial charge >= 0.3 is 0 Å². The Hall–Kier alpha value is -0.300. The van der Waals surface area contributed by atoms with Gasteiger partial charge in [-0.25, -0.2) is 0 Å². The summed E-state index contributed by atoms with van der Waals surface area (Å²) < 4.78 is 0. The molecule has 2 rings (SSSR count). The molecule has 1 aliphatic rings. The highest BCUT2D eigenvalue weighted by Crippen LogP contribution is 2.36. The number of hydrogen-bond donors (Lipinski definition) is 0. The Balaban J connectivity index is 1.96. The van der Waals surface area contributed by atoms with Gasteiger partial charge in [-0.15, -0.1) is 0 Å². The maximum atomic E-state index is 3.59. The van der Waals surface area contributed by atoms with E-state index in [-0.39, 0.29) is 0 Å². The highest BCUT2D eigenvalue weighted by Gasteiger charge is 2.20. The van der Waals surface area contributed by atoms with Gasteiger partial charge in [0.1, 0.15) is 0 Å². The van der Waals surface area contributed by atoms with Crippen molar-refractivity contribution in [3.63, 3.8) is 0 Å². The molecule has 0 spiro atoms. The molecule has 0 N–H and O–H groups in total. The van der Waals surface area contributed by atoms with Gasteiger partial charge in [0.25, 0.3) is 0 Å². The maximum absolute atomic E-state index is 3.59. The maximum Gasteiger partial charge on any atom is 0.00596 e. The van der Waals surface area contributed by atoms with E-state index in [2.05, 4.69) is 46.3 Å². The monoisotopic (exact) mass is 252 g/mol. The normalized spacial score (nSPS) is 27.5. The average Bonchev–Trinajstić information content (AvgIpc) is 2.30. The van der Waals surface area contributed by atoms with Gasteiger partial charge in [0.2, 0.25) is 0 Å². The van der Waals surface area contributed by atoms with E-state index in [1.807, 2.05) is 0 Å². The van der Waals surface area contributed by atoms with Gasteiger partial charge in [-0.1, -0.05) is 46.3 Å². The molecule has 0 heterocycles. The predicted molar refractivity (Wildman–Crippen MR) is 64.9 cm³/mol. The van der Waals surface area contributed by atoms with Crippen LogP contribution in [0.4, 0.5) is 0 Å². The summed E-state index contributed by atoms with van der Waals surface area (Å²) in [5.74, 6) is 1.75. The van der Waals surface area contributed by atoms with E-state index in [9.17, 15) is 0 Å². The fourth-order valence-corrected chi connectivity index (χ4v) is 3.02. The van der Waals surface area contributed by atoms with Crippen LogP contribution in [0.2, 0.25) is 0 Å². The van der Waals surface area contributed by atoms with Crippen molar-refractivity contribution >= 4 is 15.9 Å². The first-order valence-corrected chi connectivity index (χ1v) is 6.63. The zero-order chi connectivity index (χ0) is 9.80. The Morgan fingerprint density at radius 1 is 1.00 bits per heavy atom. The quantitative estimate of drug-likeness (QED) is 0.687. The van der Waals surface area contributed by atoms with Crippen LogP contribution < -0.4 is 0 Å². The molecule has 0 unspecified atom stereocenters. The first kappa shape index (κ1) is 10.2. The van der Waals surface area contributed by atoms with Gasteiger partial charge in [0.05, 0.1) is 0 Å². The van der Waals surface area contributed by atoms with Crippen LogP contribution in [-0.4, -0.2) is 5.33 Å². The molecule has 1 aromatic carbocycles. The van der Waals surface area contributed by atoms with Gasteiger partial charge in [-0.2, -0.15) is 0 Å². The molecule has 1 heteroatoms. The second kappa shape index (κ2) is 4.97. The van der Waals surface area contributed by atoms with Crippen LogP contribution >= 0.6 is 15.9 Å². The van der Waals surface area contributed by atoms with Gasteiger partial charge < -0.3 is 0 Å². The molecule has 1 fully saturated rings. The van der Waals surface area contributed by atoms with Crippen molar-refractivity contribution in [2.24, 2.45) is 5.92 Å². The molecule has 0 nitrogen and oxygen atoms in total. The SMILES string of the molecule is BrCC1CCC(c2ccccc2)CC1. The first-order valence-electron chi connectivity index (χ1n) is 5.51. The smallest absolute Gasteiger partial charge is 0.00596 e. The zero-order valence-corrected chi connectivity index (χ0v) is 10.0. The number of alkyl halides is 1. The van der Waals surface area contributed by atoms with E-state index in [0.29, 0.717) is 0 Å². The van der Waals surface area contributed by atoms with Crippen molar-refractivity contribution in [2.45, 2.75) is 31.6 Å². The third-order valence-corrected chi connectivity index (χ3v) is 4.25. The molecule has 14 heavy (non-hydrogen) atoms. The van der Waals surface area contributed by atoms with Crippen molar-refractivity contribution in [3.05, 3.63) is 35.9 Å². The van der Waals surface area contributed by atoms with E-state index >= 15 is 0 Å². The number of hydrogen-bond acceptors (Lipinski definition) is 0. The minimum atomic E-state index is 0.825. The molecule has 0 atom stereocenters. The molecule has 1 aromatic rings. The van der Waals surface area contributed by atoms with Gasteiger partial charge in [-0.05, 0) is 43.1 Å². The van der Waals surface area contributed by atoms with Crippen LogP contribution in [0.1, 0.15) is 37.2 Å². The van der Waals surface area contributed by atoms with E-state index in [4.69, 9.17) is 0 Å². The summed E-state index contributed by atoms with van der Waals surface area (Å²) in [4.78, 5) is 0. The second-order valence-electron chi connectivity index (χ2n) is 4.28. The minimum absolute atomic E-state index is 0.825. The third kappa shape index (κ3) is 2.38. The number of halogens is 1. The van der Waals surface area contributed by atoms with Gasteiger partial charge in [-0.3, -0.25) is 0 Å². The van der Waals surface area contributed by atoms with Gasteiger partial charge in [0.15, 0.2) is 0 Å². The van der Waals surface area contributed by atoms with E-state index < -0.39 is 0 Å². The summed E-state index contributed by atoms with van der Waals surface area (Å²) in [6.07, 6.45) is 5.54. The summed E-state index contributed by atoms with van der Waals surface area (Å²) in [6.45, 7) is 0. The predicted octanol–water partition coefficient (Wildman–Crippen LogP) is 4.36. The highest BCUT2D eigenvalue weighted by molar-refractivity contribution is 9.09. The molecule has 1 aliphatic carbocycles. The first-order chi connectivity index (χ1) is 6.90. The number of benzene rings is 1.